The first-order valence-electron chi connectivity index (χ1n) is 9.30. The molecule has 2 aromatic carbocycles. The average molecular weight is 374 g/mol. The van der Waals surface area contributed by atoms with Crippen molar-refractivity contribution in [1.82, 2.24) is 14.8 Å². The maximum Gasteiger partial charge on any atom is 0.251 e. The predicted octanol–water partition coefficient (Wildman–Crippen LogP) is 4.21. The Morgan fingerprint density at radius 2 is 1.89 bits per heavy atom. The van der Waals surface area contributed by atoms with Crippen molar-refractivity contribution in [2.45, 2.75) is 20.1 Å². The minimum Gasteiger partial charge on any atom is -0.367 e. The second-order valence-electron chi connectivity index (χ2n) is 6.53. The van der Waals surface area contributed by atoms with Gasteiger partial charge in [-0.05, 0) is 24.6 Å². The second-order valence-corrected chi connectivity index (χ2v) is 6.53. The number of H-pyrrole nitrogens is 1. The normalized spacial score (nSPS) is 11.0. The first-order chi connectivity index (χ1) is 13.7. The molecule has 2 N–H and O–H groups in total. The fourth-order valence-corrected chi connectivity index (χ4v) is 3.31. The summed E-state index contributed by atoms with van der Waals surface area (Å²) < 4.78 is 7.69. The van der Waals surface area contributed by atoms with Crippen LogP contribution in [0.15, 0.2) is 66.7 Å². The van der Waals surface area contributed by atoms with E-state index in [1.807, 2.05) is 48.5 Å². The molecule has 4 rings (SSSR count). The average Bonchev–Trinajstić information content (AvgIpc) is 3.32. The molecule has 0 spiro atoms. The van der Waals surface area contributed by atoms with Crippen molar-refractivity contribution >= 4 is 22.6 Å². The molecule has 2 aromatic heterocycles. The van der Waals surface area contributed by atoms with Crippen molar-refractivity contribution in [3.05, 3.63) is 72.3 Å². The van der Waals surface area contributed by atoms with Gasteiger partial charge in [0.25, 0.3) is 5.91 Å². The molecule has 0 saturated carbocycles. The Bertz CT molecular complexity index is 1080. The fourth-order valence-electron chi connectivity index (χ4n) is 3.31. The third-order valence-corrected chi connectivity index (χ3v) is 4.59. The predicted molar refractivity (Wildman–Crippen MR) is 110 cm³/mol. The van der Waals surface area contributed by atoms with E-state index < -0.39 is 0 Å². The van der Waals surface area contributed by atoms with E-state index >= 15 is 0 Å². The molecule has 4 aromatic rings. The van der Waals surface area contributed by atoms with Gasteiger partial charge >= 0.3 is 0 Å². The number of benzene rings is 2. The molecule has 0 saturated heterocycles. The van der Waals surface area contributed by atoms with Crippen LogP contribution in [0.4, 0.5) is 5.82 Å². The number of aromatic nitrogens is 3. The highest BCUT2D eigenvalue weighted by atomic mass is 16.5. The van der Waals surface area contributed by atoms with Crippen molar-refractivity contribution in [1.29, 1.82) is 0 Å². The van der Waals surface area contributed by atoms with Gasteiger partial charge in [0.15, 0.2) is 5.82 Å². The highest BCUT2D eigenvalue weighted by Crippen LogP contribution is 2.28. The van der Waals surface area contributed by atoms with E-state index in [-0.39, 0.29) is 12.5 Å². The highest BCUT2D eigenvalue weighted by Gasteiger charge is 2.13. The molecule has 0 atom stereocenters. The largest absolute Gasteiger partial charge is 0.367 e. The van der Waals surface area contributed by atoms with Gasteiger partial charge in [0, 0.05) is 23.5 Å². The molecular formula is C22H22N4O2. The number of carbonyl (C=O) groups excluding carboxylic acids is 1. The fraction of sp³-hybridized carbons (Fsp3) is 0.182. The Balaban J connectivity index is 1.41. The van der Waals surface area contributed by atoms with Gasteiger partial charge < -0.3 is 14.6 Å². The third kappa shape index (κ3) is 3.82. The summed E-state index contributed by atoms with van der Waals surface area (Å²) in [5.41, 5.74) is 4.11. The summed E-state index contributed by atoms with van der Waals surface area (Å²) in [6.45, 7) is 3.33. The summed E-state index contributed by atoms with van der Waals surface area (Å²) in [5.74, 6) is 0.251. The van der Waals surface area contributed by atoms with Gasteiger partial charge in [-0.1, -0.05) is 48.5 Å². The molecule has 0 unspecified atom stereocenters. The number of nitrogens with one attached hydrogen (secondary N) is 2. The standard InChI is InChI=1S/C22H22N4O2/c1-2-26-19-11-7-6-10-17(19)12-20(26)18-13-21(25-24-18)23-22(27)15-28-14-16-8-4-3-5-9-16/h3-13H,2,14-15H2,1H3,(H2,23,24,25,27). The van der Waals surface area contributed by atoms with Crippen LogP contribution >= 0.6 is 0 Å². The Hall–Kier alpha value is -3.38. The maximum atomic E-state index is 12.1. The van der Waals surface area contributed by atoms with Crippen LogP contribution in [0.2, 0.25) is 0 Å². The summed E-state index contributed by atoms with van der Waals surface area (Å²) in [6.07, 6.45) is 0. The number of ether oxygens (including phenoxy) is 1. The first kappa shape index (κ1) is 18.0. The van der Waals surface area contributed by atoms with E-state index in [0.29, 0.717) is 12.4 Å². The highest BCUT2D eigenvalue weighted by molar-refractivity contribution is 5.92. The lowest BCUT2D eigenvalue weighted by atomic mass is 10.2. The number of aryl methyl sites for hydroxylation is 1. The van der Waals surface area contributed by atoms with Crippen LogP contribution in [0.1, 0.15) is 12.5 Å². The van der Waals surface area contributed by atoms with Crippen LogP contribution in [0.5, 0.6) is 0 Å². The lowest BCUT2D eigenvalue weighted by Crippen LogP contribution is -2.18. The smallest absolute Gasteiger partial charge is 0.251 e. The van der Waals surface area contributed by atoms with Crippen LogP contribution in [0.3, 0.4) is 0 Å². The maximum absolute atomic E-state index is 12.1. The van der Waals surface area contributed by atoms with E-state index in [1.165, 1.54) is 10.9 Å². The number of rotatable bonds is 7. The van der Waals surface area contributed by atoms with Crippen molar-refractivity contribution in [3.63, 3.8) is 0 Å². The Labute approximate surface area is 163 Å². The summed E-state index contributed by atoms with van der Waals surface area (Å²) in [7, 11) is 0. The number of nitrogens with zero attached hydrogens (tertiary/aromatic N) is 2. The van der Waals surface area contributed by atoms with Gasteiger partial charge in [0.05, 0.1) is 18.0 Å². The van der Waals surface area contributed by atoms with E-state index in [1.54, 1.807) is 0 Å². The van der Waals surface area contributed by atoms with Crippen LogP contribution in [-0.2, 0) is 22.7 Å². The van der Waals surface area contributed by atoms with E-state index in [9.17, 15) is 4.79 Å². The lowest BCUT2D eigenvalue weighted by Gasteiger charge is -2.05. The van der Waals surface area contributed by atoms with Gasteiger partial charge in [0.1, 0.15) is 6.61 Å². The molecule has 142 valence electrons. The molecule has 0 bridgehead atoms. The van der Waals surface area contributed by atoms with E-state index in [4.69, 9.17) is 4.74 Å². The van der Waals surface area contributed by atoms with Gasteiger partial charge in [-0.2, -0.15) is 5.10 Å². The third-order valence-electron chi connectivity index (χ3n) is 4.59. The zero-order valence-electron chi connectivity index (χ0n) is 15.7. The number of hydrogen-bond acceptors (Lipinski definition) is 3. The minimum absolute atomic E-state index is 0.0215. The molecule has 6 heteroatoms. The number of para-hydroxylation sites is 1. The first-order valence-corrected chi connectivity index (χ1v) is 9.30. The van der Waals surface area contributed by atoms with Gasteiger partial charge in [-0.3, -0.25) is 9.89 Å². The molecule has 0 aliphatic rings. The Kier molecular flexibility index (Phi) is 5.21. The summed E-state index contributed by atoms with van der Waals surface area (Å²) in [4.78, 5) is 12.1. The number of anilines is 1. The summed E-state index contributed by atoms with van der Waals surface area (Å²) >= 11 is 0. The minimum atomic E-state index is -0.231. The molecule has 0 aliphatic carbocycles. The number of hydrogen-bond donors (Lipinski definition) is 2. The lowest BCUT2D eigenvalue weighted by molar-refractivity contribution is -0.121. The molecule has 1 amide bonds. The monoisotopic (exact) mass is 374 g/mol. The van der Waals surface area contributed by atoms with Gasteiger partial charge in [-0.15, -0.1) is 0 Å². The summed E-state index contributed by atoms with van der Waals surface area (Å²) in [5, 5.41) is 11.2. The molecule has 0 aliphatic heterocycles. The van der Waals surface area contributed by atoms with Crippen LogP contribution in [0, 0.1) is 0 Å². The molecular weight excluding hydrogens is 352 g/mol. The number of aromatic amines is 1. The van der Waals surface area contributed by atoms with E-state index in [2.05, 4.69) is 45.2 Å². The SMILES string of the molecule is CCn1c(-c2cc(NC(=O)COCc3ccccc3)n[nH]2)cc2ccccc21. The number of carbonyl (C=O) groups is 1. The van der Waals surface area contributed by atoms with Crippen molar-refractivity contribution < 1.29 is 9.53 Å². The molecule has 28 heavy (non-hydrogen) atoms. The number of amides is 1. The quantitative estimate of drug-likeness (QED) is 0.509. The molecule has 2 heterocycles. The molecule has 6 nitrogen and oxygen atoms in total. The van der Waals surface area contributed by atoms with Crippen LogP contribution < -0.4 is 5.32 Å². The molecule has 0 radical (unpaired) electrons. The molecule has 0 fully saturated rings. The topological polar surface area (TPSA) is 71.9 Å². The van der Waals surface area contributed by atoms with Crippen LogP contribution in [0.25, 0.3) is 22.3 Å². The Morgan fingerprint density at radius 1 is 1.11 bits per heavy atom. The van der Waals surface area contributed by atoms with Crippen LogP contribution in [-0.4, -0.2) is 27.3 Å². The second kappa shape index (κ2) is 8.10. The van der Waals surface area contributed by atoms with Gasteiger partial charge in [-0.25, -0.2) is 0 Å². The summed E-state index contributed by atoms with van der Waals surface area (Å²) in [6, 6.07) is 22.0. The zero-order valence-corrected chi connectivity index (χ0v) is 15.7. The Morgan fingerprint density at radius 3 is 2.71 bits per heavy atom. The number of fused-ring (bicyclic) bond motifs is 1. The van der Waals surface area contributed by atoms with E-state index in [0.717, 1.165) is 23.5 Å². The van der Waals surface area contributed by atoms with Crippen molar-refractivity contribution in [2.75, 3.05) is 11.9 Å². The van der Waals surface area contributed by atoms with Crippen molar-refractivity contribution in [3.8, 4) is 11.4 Å². The van der Waals surface area contributed by atoms with Crippen molar-refractivity contribution in [2.24, 2.45) is 0 Å². The zero-order chi connectivity index (χ0) is 19.3. The van der Waals surface area contributed by atoms with Gasteiger partial charge in [0.2, 0.25) is 0 Å².